The van der Waals surface area contributed by atoms with E-state index < -0.39 is 11.5 Å². The number of rotatable bonds is 6. The molecule has 0 unspecified atom stereocenters. The van der Waals surface area contributed by atoms with Crippen LogP contribution in [0, 0.1) is 6.92 Å². The summed E-state index contributed by atoms with van der Waals surface area (Å²) in [4.78, 5) is 26.3. The molecule has 6 nitrogen and oxygen atoms in total. The number of amides is 2. The second-order valence-corrected chi connectivity index (χ2v) is 5.19. The Balaban J connectivity index is 2.47. The molecule has 0 radical (unpaired) electrons. The summed E-state index contributed by atoms with van der Waals surface area (Å²) in [5, 5.41) is 14.0. The predicted octanol–water partition coefficient (Wildman–Crippen LogP) is 1.79. The van der Waals surface area contributed by atoms with Gasteiger partial charge in [0.2, 0.25) is 0 Å². The van der Waals surface area contributed by atoms with E-state index in [-0.39, 0.29) is 12.5 Å². The summed E-state index contributed by atoms with van der Waals surface area (Å²) in [6.07, 6.45) is 2.20. The highest BCUT2D eigenvalue weighted by Gasteiger charge is 2.22. The van der Waals surface area contributed by atoms with Gasteiger partial charge in [0, 0.05) is 24.9 Å². The average Bonchev–Trinajstić information content (AvgIpc) is 2.34. The molecule has 0 aliphatic heterocycles. The molecule has 110 valence electrons. The maximum Gasteiger partial charge on any atom is 0.315 e. The van der Waals surface area contributed by atoms with Crippen LogP contribution < -0.4 is 10.6 Å². The lowest BCUT2D eigenvalue weighted by Crippen LogP contribution is -2.46. The minimum atomic E-state index is -0.863. The molecule has 0 spiro atoms. The standard InChI is InChI=1S/C14H21N3O3/c1-10-6-7-11(9-16-10)14(2,3)17-13(20)15-8-4-5-12(18)19/h6-7,9H,4-5,8H2,1-3H3,(H,18,19)(H2,15,17,20). The molecule has 1 aromatic heterocycles. The molecule has 3 N–H and O–H groups in total. The number of carboxylic acids is 1. The van der Waals surface area contributed by atoms with Crippen molar-refractivity contribution in [1.82, 2.24) is 15.6 Å². The number of nitrogens with zero attached hydrogens (tertiary/aromatic N) is 1. The smallest absolute Gasteiger partial charge is 0.315 e. The topological polar surface area (TPSA) is 91.3 Å². The summed E-state index contributed by atoms with van der Waals surface area (Å²) in [6.45, 7) is 6.01. The number of hydrogen-bond donors (Lipinski definition) is 3. The molecule has 6 heteroatoms. The number of nitrogens with one attached hydrogen (secondary N) is 2. The largest absolute Gasteiger partial charge is 0.481 e. The Morgan fingerprint density at radius 3 is 2.60 bits per heavy atom. The number of aromatic nitrogens is 1. The number of carboxylic acid groups (broad SMARTS) is 1. The third kappa shape index (κ3) is 5.26. The first-order chi connectivity index (χ1) is 9.31. The molecule has 0 atom stereocenters. The Hall–Kier alpha value is -2.11. The van der Waals surface area contributed by atoms with Crippen molar-refractivity contribution in [3.8, 4) is 0 Å². The highest BCUT2D eigenvalue weighted by atomic mass is 16.4. The number of aryl methyl sites for hydroxylation is 1. The molecular weight excluding hydrogens is 258 g/mol. The zero-order valence-corrected chi connectivity index (χ0v) is 12.1. The Morgan fingerprint density at radius 1 is 1.35 bits per heavy atom. The van der Waals surface area contributed by atoms with E-state index in [1.807, 2.05) is 32.9 Å². The van der Waals surface area contributed by atoms with Gasteiger partial charge in [-0.1, -0.05) is 6.07 Å². The first kappa shape index (κ1) is 15.9. The molecule has 1 rings (SSSR count). The maximum atomic E-state index is 11.8. The van der Waals surface area contributed by atoms with Gasteiger partial charge >= 0.3 is 12.0 Å². The van der Waals surface area contributed by atoms with Crippen LogP contribution in [0.5, 0.6) is 0 Å². The molecule has 1 heterocycles. The van der Waals surface area contributed by atoms with Crippen molar-refractivity contribution in [3.05, 3.63) is 29.6 Å². The van der Waals surface area contributed by atoms with Crippen molar-refractivity contribution in [3.63, 3.8) is 0 Å². The van der Waals surface area contributed by atoms with Gasteiger partial charge < -0.3 is 15.7 Å². The molecule has 0 aliphatic carbocycles. The van der Waals surface area contributed by atoms with E-state index in [1.54, 1.807) is 6.20 Å². The van der Waals surface area contributed by atoms with E-state index in [4.69, 9.17) is 5.11 Å². The second-order valence-electron chi connectivity index (χ2n) is 5.19. The third-order valence-electron chi connectivity index (χ3n) is 2.91. The monoisotopic (exact) mass is 279 g/mol. The second kappa shape index (κ2) is 6.88. The number of pyridine rings is 1. The van der Waals surface area contributed by atoms with Crippen molar-refractivity contribution < 1.29 is 14.7 Å². The van der Waals surface area contributed by atoms with E-state index in [2.05, 4.69) is 15.6 Å². The fraction of sp³-hybridized carbons (Fsp3) is 0.500. The van der Waals surface area contributed by atoms with Crippen LogP contribution in [0.1, 0.15) is 37.9 Å². The Morgan fingerprint density at radius 2 is 2.05 bits per heavy atom. The molecule has 0 fully saturated rings. The fourth-order valence-corrected chi connectivity index (χ4v) is 1.68. The van der Waals surface area contributed by atoms with Gasteiger partial charge in [-0.3, -0.25) is 9.78 Å². The minimum absolute atomic E-state index is 0.0472. The number of urea groups is 1. The SMILES string of the molecule is Cc1ccc(C(C)(C)NC(=O)NCCCC(=O)O)cn1. The lowest BCUT2D eigenvalue weighted by molar-refractivity contribution is -0.137. The number of carbonyl (C=O) groups is 2. The Bertz CT molecular complexity index is 469. The van der Waals surface area contributed by atoms with E-state index in [0.29, 0.717) is 13.0 Å². The van der Waals surface area contributed by atoms with Gasteiger partial charge in [0.15, 0.2) is 0 Å². The van der Waals surface area contributed by atoms with Crippen LogP contribution >= 0.6 is 0 Å². The van der Waals surface area contributed by atoms with Gasteiger partial charge in [0.1, 0.15) is 0 Å². The van der Waals surface area contributed by atoms with E-state index in [9.17, 15) is 9.59 Å². The highest BCUT2D eigenvalue weighted by molar-refractivity contribution is 5.75. The van der Waals surface area contributed by atoms with E-state index >= 15 is 0 Å². The number of hydrogen-bond acceptors (Lipinski definition) is 3. The summed E-state index contributed by atoms with van der Waals surface area (Å²) >= 11 is 0. The van der Waals surface area contributed by atoms with Crippen LogP contribution in [0.2, 0.25) is 0 Å². The summed E-state index contributed by atoms with van der Waals surface area (Å²) in [5.74, 6) is -0.863. The van der Waals surface area contributed by atoms with Crippen molar-refractivity contribution >= 4 is 12.0 Å². The summed E-state index contributed by atoms with van der Waals surface area (Å²) in [7, 11) is 0. The van der Waals surface area contributed by atoms with Crippen LogP contribution in [0.3, 0.4) is 0 Å². The lowest BCUT2D eigenvalue weighted by atomic mass is 9.96. The Kier molecular flexibility index (Phi) is 5.49. The normalized spacial score (nSPS) is 10.9. The van der Waals surface area contributed by atoms with Crippen LogP contribution in [-0.4, -0.2) is 28.6 Å². The molecule has 0 bridgehead atoms. The lowest BCUT2D eigenvalue weighted by Gasteiger charge is -2.26. The molecule has 0 aliphatic rings. The zero-order valence-electron chi connectivity index (χ0n) is 12.1. The van der Waals surface area contributed by atoms with E-state index in [1.165, 1.54) is 0 Å². The number of carbonyl (C=O) groups excluding carboxylic acids is 1. The first-order valence-electron chi connectivity index (χ1n) is 6.52. The molecule has 2 amide bonds. The van der Waals surface area contributed by atoms with Crippen molar-refractivity contribution in [1.29, 1.82) is 0 Å². The van der Waals surface area contributed by atoms with Gasteiger partial charge in [-0.25, -0.2) is 4.79 Å². The maximum absolute atomic E-state index is 11.8. The van der Waals surface area contributed by atoms with Crippen molar-refractivity contribution in [2.75, 3.05) is 6.54 Å². The quantitative estimate of drug-likeness (QED) is 0.692. The fourth-order valence-electron chi connectivity index (χ4n) is 1.68. The van der Waals surface area contributed by atoms with Gasteiger partial charge in [0.25, 0.3) is 0 Å². The van der Waals surface area contributed by atoms with Gasteiger partial charge in [0.05, 0.1) is 5.54 Å². The highest BCUT2D eigenvalue weighted by Crippen LogP contribution is 2.18. The predicted molar refractivity (Wildman–Crippen MR) is 75.4 cm³/mol. The van der Waals surface area contributed by atoms with Crippen LogP contribution in [0.4, 0.5) is 4.79 Å². The van der Waals surface area contributed by atoms with Crippen molar-refractivity contribution in [2.24, 2.45) is 0 Å². The third-order valence-corrected chi connectivity index (χ3v) is 2.91. The summed E-state index contributed by atoms with van der Waals surface area (Å²) in [5.41, 5.74) is 1.28. The summed E-state index contributed by atoms with van der Waals surface area (Å²) in [6, 6.07) is 3.50. The van der Waals surface area contributed by atoms with E-state index in [0.717, 1.165) is 11.3 Å². The van der Waals surface area contributed by atoms with Gasteiger partial charge in [-0.05, 0) is 38.8 Å². The summed E-state index contributed by atoms with van der Waals surface area (Å²) < 4.78 is 0. The Labute approximate surface area is 118 Å². The van der Waals surface area contributed by atoms with Crippen LogP contribution in [-0.2, 0) is 10.3 Å². The van der Waals surface area contributed by atoms with Crippen LogP contribution in [0.25, 0.3) is 0 Å². The zero-order chi connectivity index (χ0) is 15.2. The van der Waals surface area contributed by atoms with Crippen LogP contribution in [0.15, 0.2) is 18.3 Å². The average molecular weight is 279 g/mol. The molecule has 0 saturated carbocycles. The van der Waals surface area contributed by atoms with Gasteiger partial charge in [-0.15, -0.1) is 0 Å². The first-order valence-corrected chi connectivity index (χ1v) is 6.52. The van der Waals surface area contributed by atoms with Crippen molar-refractivity contribution in [2.45, 2.75) is 39.2 Å². The molecule has 1 aromatic rings. The number of aliphatic carboxylic acids is 1. The minimum Gasteiger partial charge on any atom is -0.481 e. The molecular formula is C14H21N3O3. The molecule has 20 heavy (non-hydrogen) atoms. The van der Waals surface area contributed by atoms with Gasteiger partial charge in [-0.2, -0.15) is 0 Å². The molecule has 0 saturated heterocycles. The molecule has 0 aromatic carbocycles.